The zero-order chi connectivity index (χ0) is 23.0. The molecule has 166 valence electrons. The van der Waals surface area contributed by atoms with E-state index in [0.29, 0.717) is 16.8 Å². The van der Waals surface area contributed by atoms with Crippen molar-refractivity contribution < 1.29 is 9.59 Å². The Morgan fingerprint density at radius 1 is 0.871 bits per heavy atom. The number of anilines is 1. The number of hydrogen-bond donors (Lipinski definition) is 2. The van der Waals surface area contributed by atoms with Crippen LogP contribution in [-0.4, -0.2) is 34.9 Å². The lowest BCUT2D eigenvalue weighted by Crippen LogP contribution is -2.34. The quantitative estimate of drug-likeness (QED) is 0.569. The van der Waals surface area contributed by atoms with Crippen LogP contribution in [0.5, 0.6) is 0 Å². The van der Waals surface area contributed by atoms with Crippen molar-refractivity contribution in [2.24, 2.45) is 0 Å². The topological polar surface area (TPSA) is 61.4 Å². The summed E-state index contributed by atoms with van der Waals surface area (Å²) in [4.78, 5) is 27.0. The maximum absolute atomic E-state index is 12.7. The average molecular weight is 440 g/mol. The molecule has 2 aromatic carbocycles. The van der Waals surface area contributed by atoms with E-state index < -0.39 is 0 Å². The molecule has 0 heterocycles. The fraction of sp³-hybridized carbons (Fsp3) is 0.400. The summed E-state index contributed by atoms with van der Waals surface area (Å²) in [6.45, 7) is 12.0. The monoisotopic (exact) mass is 439 g/mol. The third-order valence-corrected chi connectivity index (χ3v) is 5.11. The Morgan fingerprint density at radius 2 is 1.39 bits per heavy atom. The molecule has 2 N–H and O–H groups in total. The summed E-state index contributed by atoms with van der Waals surface area (Å²) in [6, 6.07) is 14.7. The van der Waals surface area contributed by atoms with Crippen molar-refractivity contribution in [1.29, 1.82) is 0 Å². The number of thiocarbonyl (C=S) groups is 1. The number of nitrogens with one attached hydrogen (secondary N) is 2. The van der Waals surface area contributed by atoms with E-state index in [1.807, 2.05) is 17.0 Å². The molecule has 2 aromatic rings. The molecule has 2 amide bonds. The lowest BCUT2D eigenvalue weighted by molar-refractivity contribution is 0.0755. The van der Waals surface area contributed by atoms with Gasteiger partial charge in [-0.25, -0.2) is 0 Å². The first-order valence-electron chi connectivity index (χ1n) is 10.8. The van der Waals surface area contributed by atoms with E-state index in [1.165, 1.54) is 0 Å². The number of hydrogen-bond acceptors (Lipinski definition) is 3. The highest BCUT2D eigenvalue weighted by Gasteiger charge is 2.16. The Labute approximate surface area is 191 Å². The summed E-state index contributed by atoms with van der Waals surface area (Å²) in [5, 5.41) is 5.91. The molecule has 0 saturated heterocycles. The van der Waals surface area contributed by atoms with Crippen molar-refractivity contribution in [3.63, 3.8) is 0 Å². The molecule has 0 aliphatic heterocycles. The molecule has 0 saturated carbocycles. The van der Waals surface area contributed by atoms with Gasteiger partial charge in [0.15, 0.2) is 5.11 Å². The Kier molecular flexibility index (Phi) is 8.75. The molecule has 0 spiro atoms. The normalized spacial score (nSPS) is 11.0. The maximum atomic E-state index is 12.7. The molecule has 0 aliphatic carbocycles. The maximum Gasteiger partial charge on any atom is 0.257 e. The molecule has 6 heteroatoms. The Bertz CT molecular complexity index is 894. The average Bonchev–Trinajstić information content (AvgIpc) is 2.73. The van der Waals surface area contributed by atoms with Crippen molar-refractivity contribution in [2.45, 2.75) is 52.9 Å². The standard InChI is InChI=1S/C25H33N3O2S/c1-6-16-28(17-7-2)23(30)19-10-14-21(15-11-19)26-24(31)27-22(29)18-8-12-20(13-9-18)25(3,4)5/h8-15H,6-7,16-17H2,1-5H3,(H2,26,27,29,31). The van der Waals surface area contributed by atoms with Gasteiger partial charge in [-0.15, -0.1) is 0 Å². The first-order valence-corrected chi connectivity index (χ1v) is 11.2. The molecule has 5 nitrogen and oxygen atoms in total. The van der Waals surface area contributed by atoms with E-state index in [1.54, 1.807) is 36.4 Å². The minimum atomic E-state index is -0.264. The van der Waals surface area contributed by atoms with Crippen molar-refractivity contribution >= 4 is 34.8 Å². The van der Waals surface area contributed by atoms with Gasteiger partial charge in [-0.05, 0) is 72.4 Å². The van der Waals surface area contributed by atoms with Gasteiger partial charge < -0.3 is 10.2 Å². The summed E-state index contributed by atoms with van der Waals surface area (Å²) in [7, 11) is 0. The number of benzene rings is 2. The molecule has 0 radical (unpaired) electrons. The number of nitrogens with zero attached hydrogens (tertiary/aromatic N) is 1. The van der Waals surface area contributed by atoms with E-state index in [0.717, 1.165) is 31.5 Å². The lowest BCUT2D eigenvalue weighted by Gasteiger charge is -2.21. The van der Waals surface area contributed by atoms with Crippen LogP contribution in [0.25, 0.3) is 0 Å². The molecule has 0 unspecified atom stereocenters. The number of amides is 2. The lowest BCUT2D eigenvalue weighted by atomic mass is 9.87. The van der Waals surface area contributed by atoms with E-state index in [4.69, 9.17) is 12.2 Å². The van der Waals surface area contributed by atoms with Crippen LogP contribution in [0, 0.1) is 0 Å². The molecule has 0 fully saturated rings. The fourth-order valence-electron chi connectivity index (χ4n) is 3.19. The van der Waals surface area contributed by atoms with Gasteiger partial charge in [-0.1, -0.05) is 46.8 Å². The highest BCUT2D eigenvalue weighted by molar-refractivity contribution is 7.80. The van der Waals surface area contributed by atoms with Crippen LogP contribution in [0.4, 0.5) is 5.69 Å². The minimum absolute atomic E-state index is 0.0313. The number of carbonyl (C=O) groups is 2. The van der Waals surface area contributed by atoms with E-state index in [-0.39, 0.29) is 22.3 Å². The molecule has 31 heavy (non-hydrogen) atoms. The first kappa shape index (κ1) is 24.5. The van der Waals surface area contributed by atoms with Crippen LogP contribution in [-0.2, 0) is 5.41 Å². The summed E-state index contributed by atoms with van der Waals surface area (Å²) >= 11 is 5.27. The minimum Gasteiger partial charge on any atom is -0.339 e. The zero-order valence-corrected chi connectivity index (χ0v) is 19.9. The zero-order valence-electron chi connectivity index (χ0n) is 19.1. The van der Waals surface area contributed by atoms with Crippen LogP contribution in [0.3, 0.4) is 0 Å². The Hall–Kier alpha value is -2.73. The third-order valence-electron chi connectivity index (χ3n) is 4.90. The molecule has 0 aliphatic rings. The number of rotatable bonds is 7. The van der Waals surface area contributed by atoms with Gasteiger partial charge in [0, 0.05) is 29.9 Å². The third kappa shape index (κ3) is 7.17. The highest BCUT2D eigenvalue weighted by atomic mass is 32.1. The molecule has 2 rings (SSSR count). The predicted molar refractivity (Wildman–Crippen MR) is 132 cm³/mol. The van der Waals surface area contributed by atoms with Gasteiger partial charge in [-0.3, -0.25) is 14.9 Å². The molecule has 0 atom stereocenters. The molecular weight excluding hydrogens is 406 g/mol. The van der Waals surface area contributed by atoms with Crippen LogP contribution in [0.1, 0.15) is 73.7 Å². The van der Waals surface area contributed by atoms with E-state index in [2.05, 4.69) is 45.3 Å². The van der Waals surface area contributed by atoms with Gasteiger partial charge in [0.05, 0.1) is 0 Å². The summed E-state index contributed by atoms with van der Waals surface area (Å²) in [5.41, 5.74) is 3.09. The number of carbonyl (C=O) groups excluding carboxylic acids is 2. The largest absolute Gasteiger partial charge is 0.339 e. The second-order valence-corrected chi connectivity index (χ2v) is 9.01. The Morgan fingerprint density at radius 3 is 1.87 bits per heavy atom. The van der Waals surface area contributed by atoms with Crippen molar-refractivity contribution in [1.82, 2.24) is 10.2 Å². The van der Waals surface area contributed by atoms with Crippen LogP contribution < -0.4 is 10.6 Å². The van der Waals surface area contributed by atoms with Gasteiger partial charge in [0.25, 0.3) is 11.8 Å². The summed E-state index contributed by atoms with van der Waals surface area (Å²) in [5.74, 6) is -0.232. The van der Waals surface area contributed by atoms with Crippen molar-refractivity contribution in [3.8, 4) is 0 Å². The first-order chi connectivity index (χ1) is 14.7. The smallest absolute Gasteiger partial charge is 0.257 e. The summed E-state index contributed by atoms with van der Waals surface area (Å²) < 4.78 is 0. The van der Waals surface area contributed by atoms with E-state index in [9.17, 15) is 9.59 Å². The van der Waals surface area contributed by atoms with Gasteiger partial charge in [0.1, 0.15) is 0 Å². The van der Waals surface area contributed by atoms with Gasteiger partial charge in [-0.2, -0.15) is 0 Å². The highest BCUT2D eigenvalue weighted by Crippen LogP contribution is 2.22. The van der Waals surface area contributed by atoms with Crippen molar-refractivity contribution in [2.75, 3.05) is 18.4 Å². The molecular formula is C25H33N3O2S. The van der Waals surface area contributed by atoms with Gasteiger partial charge >= 0.3 is 0 Å². The van der Waals surface area contributed by atoms with Gasteiger partial charge in [0.2, 0.25) is 0 Å². The van der Waals surface area contributed by atoms with Crippen molar-refractivity contribution in [3.05, 3.63) is 65.2 Å². The summed E-state index contributed by atoms with van der Waals surface area (Å²) in [6.07, 6.45) is 1.86. The molecule has 0 aromatic heterocycles. The fourth-order valence-corrected chi connectivity index (χ4v) is 3.40. The Balaban J connectivity index is 1.96. The molecule has 0 bridgehead atoms. The van der Waals surface area contributed by atoms with Crippen LogP contribution in [0.2, 0.25) is 0 Å². The second-order valence-electron chi connectivity index (χ2n) is 8.61. The van der Waals surface area contributed by atoms with E-state index >= 15 is 0 Å². The van der Waals surface area contributed by atoms with Crippen LogP contribution >= 0.6 is 12.2 Å². The predicted octanol–water partition coefficient (Wildman–Crippen LogP) is 5.37. The van der Waals surface area contributed by atoms with Crippen LogP contribution in [0.15, 0.2) is 48.5 Å². The second kappa shape index (κ2) is 11.0. The SMILES string of the molecule is CCCN(CCC)C(=O)c1ccc(NC(=S)NC(=O)c2ccc(C(C)(C)C)cc2)cc1.